The van der Waals surface area contributed by atoms with E-state index >= 15 is 0 Å². The largest absolute Gasteiger partial charge is 0.480 e. The van der Waals surface area contributed by atoms with Gasteiger partial charge in [-0.1, -0.05) is 0 Å². The van der Waals surface area contributed by atoms with Gasteiger partial charge in [0.1, 0.15) is 18.4 Å². The van der Waals surface area contributed by atoms with Gasteiger partial charge >= 0.3 is 5.97 Å². The number of carbonyl (C=O) groups is 1. The summed E-state index contributed by atoms with van der Waals surface area (Å²) in [6, 6.07) is 5.30. The number of benzene rings is 1. The van der Waals surface area contributed by atoms with Crippen LogP contribution in [0.5, 0.6) is 0 Å². The molecule has 0 aliphatic rings. The Morgan fingerprint density at radius 2 is 2.36 bits per heavy atom. The maximum atomic E-state index is 12.6. The van der Waals surface area contributed by atoms with Gasteiger partial charge in [0.05, 0.1) is 11.3 Å². The first-order valence-corrected chi connectivity index (χ1v) is 3.79. The molecule has 2 N–H and O–H groups in total. The summed E-state index contributed by atoms with van der Waals surface area (Å²) >= 11 is 0. The summed E-state index contributed by atoms with van der Waals surface area (Å²) < 4.78 is 12.6. The second kappa shape index (κ2) is 4.23. The Bertz CT molecular complexity index is 398. The summed E-state index contributed by atoms with van der Waals surface area (Å²) in [6.07, 6.45) is 0. The predicted molar refractivity (Wildman–Crippen MR) is 47.2 cm³/mol. The van der Waals surface area contributed by atoms with Gasteiger partial charge in [-0.05, 0) is 18.2 Å². The fourth-order valence-electron chi connectivity index (χ4n) is 0.934. The van der Waals surface area contributed by atoms with Crippen LogP contribution < -0.4 is 5.32 Å². The molecule has 72 valence electrons. The highest BCUT2D eigenvalue weighted by molar-refractivity contribution is 5.73. The van der Waals surface area contributed by atoms with E-state index in [0.717, 1.165) is 12.1 Å². The van der Waals surface area contributed by atoms with E-state index in [0.29, 0.717) is 5.69 Å². The number of halogens is 1. The van der Waals surface area contributed by atoms with E-state index in [4.69, 9.17) is 10.4 Å². The van der Waals surface area contributed by atoms with Gasteiger partial charge < -0.3 is 10.4 Å². The van der Waals surface area contributed by atoms with Gasteiger partial charge in [0.2, 0.25) is 0 Å². The molecule has 0 saturated heterocycles. The molecular formula is C9H7FN2O2. The molecular weight excluding hydrogens is 187 g/mol. The van der Waals surface area contributed by atoms with Crippen LogP contribution in [-0.2, 0) is 4.79 Å². The van der Waals surface area contributed by atoms with E-state index in [2.05, 4.69) is 5.32 Å². The van der Waals surface area contributed by atoms with Gasteiger partial charge in [-0.2, -0.15) is 5.26 Å². The van der Waals surface area contributed by atoms with Gasteiger partial charge in [0.15, 0.2) is 0 Å². The van der Waals surface area contributed by atoms with Crippen molar-refractivity contribution in [2.75, 3.05) is 11.9 Å². The van der Waals surface area contributed by atoms with Crippen molar-refractivity contribution < 1.29 is 14.3 Å². The number of aliphatic carboxylic acids is 1. The molecule has 5 heteroatoms. The molecule has 4 nitrogen and oxygen atoms in total. The third-order valence-electron chi connectivity index (χ3n) is 1.53. The number of nitrogens with zero attached hydrogens (tertiary/aromatic N) is 1. The van der Waals surface area contributed by atoms with Crippen LogP contribution in [0.1, 0.15) is 5.56 Å². The summed E-state index contributed by atoms with van der Waals surface area (Å²) in [5.74, 6) is -1.57. The standard InChI is InChI=1S/C9H7FN2O2/c10-7-1-2-8(6(3-7)4-11)12-5-9(13)14/h1-3,12H,5H2,(H,13,14). The highest BCUT2D eigenvalue weighted by Gasteiger charge is 2.04. The smallest absolute Gasteiger partial charge is 0.322 e. The summed E-state index contributed by atoms with van der Waals surface area (Å²) in [6.45, 7) is -0.305. The third-order valence-corrected chi connectivity index (χ3v) is 1.53. The van der Waals surface area contributed by atoms with Gasteiger partial charge in [-0.15, -0.1) is 0 Å². The van der Waals surface area contributed by atoms with Gasteiger partial charge in [0.25, 0.3) is 0 Å². The Morgan fingerprint density at radius 1 is 1.64 bits per heavy atom. The van der Waals surface area contributed by atoms with Gasteiger partial charge in [0, 0.05) is 0 Å². The molecule has 1 aromatic carbocycles. The molecule has 0 unspecified atom stereocenters. The number of nitrogens with one attached hydrogen (secondary N) is 1. The molecule has 0 spiro atoms. The summed E-state index contributed by atoms with van der Waals surface area (Å²) in [5, 5.41) is 19.5. The van der Waals surface area contributed by atoms with E-state index in [9.17, 15) is 9.18 Å². The molecule has 0 radical (unpaired) electrons. The van der Waals surface area contributed by atoms with Crippen LogP contribution in [0.3, 0.4) is 0 Å². The number of carboxylic acid groups (broad SMARTS) is 1. The minimum Gasteiger partial charge on any atom is -0.480 e. The number of rotatable bonds is 3. The van der Waals surface area contributed by atoms with Gasteiger partial charge in [-0.3, -0.25) is 4.79 Å². The van der Waals surface area contributed by atoms with E-state index < -0.39 is 11.8 Å². The number of carboxylic acids is 1. The molecule has 0 aromatic heterocycles. The Labute approximate surface area is 79.6 Å². The normalized spacial score (nSPS) is 9.14. The monoisotopic (exact) mass is 194 g/mol. The first-order chi connectivity index (χ1) is 6.63. The van der Waals surface area contributed by atoms with E-state index in [-0.39, 0.29) is 12.1 Å². The lowest BCUT2D eigenvalue weighted by Crippen LogP contribution is -2.13. The molecule has 1 rings (SSSR count). The number of hydrogen-bond acceptors (Lipinski definition) is 3. The summed E-state index contributed by atoms with van der Waals surface area (Å²) in [5.41, 5.74) is 0.405. The molecule has 14 heavy (non-hydrogen) atoms. The average molecular weight is 194 g/mol. The van der Waals surface area contributed by atoms with Crippen molar-refractivity contribution in [3.8, 4) is 6.07 Å². The van der Waals surface area contributed by atoms with Crippen molar-refractivity contribution in [2.45, 2.75) is 0 Å². The average Bonchev–Trinajstić information content (AvgIpc) is 2.15. The van der Waals surface area contributed by atoms with Crippen LogP contribution in [0, 0.1) is 17.1 Å². The first-order valence-electron chi connectivity index (χ1n) is 3.79. The van der Waals surface area contributed by atoms with Crippen molar-refractivity contribution >= 4 is 11.7 Å². The van der Waals surface area contributed by atoms with Crippen molar-refractivity contribution in [2.24, 2.45) is 0 Å². The fourth-order valence-corrected chi connectivity index (χ4v) is 0.934. The van der Waals surface area contributed by atoms with Crippen molar-refractivity contribution in [1.29, 1.82) is 5.26 Å². The minimum absolute atomic E-state index is 0.0891. The fraction of sp³-hybridized carbons (Fsp3) is 0.111. The Kier molecular flexibility index (Phi) is 3.02. The third kappa shape index (κ3) is 2.45. The minimum atomic E-state index is -1.04. The second-order valence-electron chi connectivity index (χ2n) is 2.55. The lowest BCUT2D eigenvalue weighted by atomic mass is 10.2. The lowest BCUT2D eigenvalue weighted by Gasteiger charge is -2.04. The van der Waals surface area contributed by atoms with Gasteiger partial charge in [-0.25, -0.2) is 4.39 Å². The van der Waals surface area contributed by atoms with Crippen LogP contribution in [0.15, 0.2) is 18.2 Å². The number of nitriles is 1. The SMILES string of the molecule is N#Cc1cc(F)ccc1NCC(=O)O. The van der Waals surface area contributed by atoms with Crippen molar-refractivity contribution in [1.82, 2.24) is 0 Å². The van der Waals surface area contributed by atoms with Crippen LogP contribution >= 0.6 is 0 Å². The quantitative estimate of drug-likeness (QED) is 0.758. The zero-order valence-corrected chi connectivity index (χ0v) is 7.12. The maximum absolute atomic E-state index is 12.6. The van der Waals surface area contributed by atoms with E-state index in [1.807, 2.05) is 0 Å². The van der Waals surface area contributed by atoms with E-state index in [1.165, 1.54) is 6.07 Å². The highest BCUT2D eigenvalue weighted by atomic mass is 19.1. The molecule has 0 heterocycles. The number of anilines is 1. The van der Waals surface area contributed by atoms with Crippen molar-refractivity contribution in [3.05, 3.63) is 29.6 Å². The topological polar surface area (TPSA) is 73.1 Å². The maximum Gasteiger partial charge on any atom is 0.322 e. The molecule has 1 aromatic rings. The predicted octanol–water partition coefficient (Wildman–Crippen LogP) is 1.19. The molecule has 0 aliphatic heterocycles. The lowest BCUT2D eigenvalue weighted by molar-refractivity contribution is -0.134. The van der Waals surface area contributed by atoms with Crippen molar-refractivity contribution in [3.63, 3.8) is 0 Å². The number of hydrogen-bond donors (Lipinski definition) is 2. The van der Waals surface area contributed by atoms with Crippen LogP contribution in [0.25, 0.3) is 0 Å². The zero-order chi connectivity index (χ0) is 10.6. The summed E-state index contributed by atoms with van der Waals surface area (Å²) in [4.78, 5) is 10.2. The Balaban J connectivity index is 2.87. The Morgan fingerprint density at radius 3 is 2.93 bits per heavy atom. The summed E-state index contributed by atoms with van der Waals surface area (Å²) in [7, 11) is 0. The van der Waals surface area contributed by atoms with Crippen LogP contribution in [0.2, 0.25) is 0 Å². The highest BCUT2D eigenvalue weighted by Crippen LogP contribution is 2.15. The van der Waals surface area contributed by atoms with E-state index in [1.54, 1.807) is 6.07 Å². The second-order valence-corrected chi connectivity index (χ2v) is 2.55. The molecule has 0 atom stereocenters. The molecule has 0 fully saturated rings. The molecule has 0 bridgehead atoms. The molecule has 0 saturated carbocycles. The first kappa shape index (κ1) is 9.99. The zero-order valence-electron chi connectivity index (χ0n) is 7.12. The molecule has 0 aliphatic carbocycles. The van der Waals surface area contributed by atoms with Crippen LogP contribution in [-0.4, -0.2) is 17.6 Å². The Hall–Kier alpha value is -2.09. The molecule has 0 amide bonds. The van der Waals surface area contributed by atoms with Crippen LogP contribution in [0.4, 0.5) is 10.1 Å².